The lowest BCUT2D eigenvalue weighted by Gasteiger charge is -2.31. The molecular weight excluding hydrogens is 353 g/mol. The van der Waals surface area contributed by atoms with Gasteiger partial charge in [-0.15, -0.1) is 0 Å². The molecule has 0 aromatic heterocycles. The van der Waals surface area contributed by atoms with Gasteiger partial charge in [0.05, 0.1) is 17.0 Å². The molecule has 2 aromatic carbocycles. The zero-order valence-corrected chi connectivity index (χ0v) is 14.1. The Morgan fingerprint density at radius 1 is 1.00 bits per heavy atom. The minimum atomic E-state index is -0.457. The van der Waals surface area contributed by atoms with E-state index < -0.39 is 17.7 Å². The minimum Gasteiger partial charge on any atom is -0.456 e. The van der Waals surface area contributed by atoms with Crippen molar-refractivity contribution in [1.82, 2.24) is 0 Å². The highest BCUT2D eigenvalue weighted by Gasteiger charge is 2.43. The maximum Gasteiger partial charge on any atom is 0.336 e. The van der Waals surface area contributed by atoms with Gasteiger partial charge in [-0.05, 0) is 35.9 Å². The van der Waals surface area contributed by atoms with Crippen molar-refractivity contribution in [2.24, 2.45) is 0 Å². The van der Waals surface area contributed by atoms with E-state index in [0.29, 0.717) is 28.5 Å². The highest BCUT2D eigenvalue weighted by atomic mass is 19.1. The molecule has 0 saturated carbocycles. The number of ether oxygens (including phenoxy) is 3. The number of halogens is 1. The van der Waals surface area contributed by atoms with Gasteiger partial charge in [-0.2, -0.15) is 0 Å². The molecule has 0 unspecified atom stereocenters. The summed E-state index contributed by atoms with van der Waals surface area (Å²) in [5.41, 5.74) is 2.05. The van der Waals surface area contributed by atoms with Crippen LogP contribution in [0.15, 0.2) is 53.7 Å². The summed E-state index contributed by atoms with van der Waals surface area (Å²) < 4.78 is 29.6. The highest BCUT2D eigenvalue weighted by molar-refractivity contribution is 6.06. The molecule has 7 heteroatoms. The predicted octanol–water partition coefficient (Wildman–Crippen LogP) is 2.89. The first-order valence-corrected chi connectivity index (χ1v) is 8.50. The van der Waals surface area contributed by atoms with Crippen LogP contribution < -0.4 is 14.4 Å². The van der Waals surface area contributed by atoms with Crippen LogP contribution in [0.25, 0.3) is 0 Å². The Hall–Kier alpha value is -3.35. The molecule has 0 N–H and O–H groups in total. The molecule has 6 nitrogen and oxygen atoms in total. The van der Waals surface area contributed by atoms with Gasteiger partial charge in [0, 0.05) is 12.3 Å². The quantitative estimate of drug-likeness (QED) is 0.764. The first kappa shape index (κ1) is 15.9. The molecule has 136 valence electrons. The van der Waals surface area contributed by atoms with Gasteiger partial charge in [0.2, 0.25) is 12.7 Å². The number of rotatable bonds is 2. The Kier molecular flexibility index (Phi) is 3.43. The summed E-state index contributed by atoms with van der Waals surface area (Å²) in [7, 11) is 0. The molecule has 5 rings (SSSR count). The third-order valence-corrected chi connectivity index (χ3v) is 4.98. The van der Waals surface area contributed by atoms with E-state index in [1.807, 2.05) is 6.07 Å². The van der Waals surface area contributed by atoms with E-state index in [0.717, 1.165) is 5.56 Å². The average Bonchev–Trinajstić information content (AvgIpc) is 3.27. The molecule has 3 aliphatic heterocycles. The summed E-state index contributed by atoms with van der Waals surface area (Å²) in [6.45, 7) is 0.128. The molecule has 3 aliphatic rings. The van der Waals surface area contributed by atoms with Crippen LogP contribution in [0.3, 0.4) is 0 Å². The van der Waals surface area contributed by atoms with Gasteiger partial charge in [0.1, 0.15) is 12.4 Å². The number of esters is 1. The van der Waals surface area contributed by atoms with Gasteiger partial charge >= 0.3 is 5.97 Å². The molecular formula is C20H14FNO5. The average molecular weight is 367 g/mol. The second-order valence-corrected chi connectivity index (χ2v) is 6.51. The van der Waals surface area contributed by atoms with Crippen LogP contribution in [0.4, 0.5) is 10.1 Å². The van der Waals surface area contributed by atoms with E-state index in [9.17, 15) is 14.0 Å². The van der Waals surface area contributed by atoms with Crippen molar-refractivity contribution in [3.05, 3.63) is 65.1 Å². The van der Waals surface area contributed by atoms with E-state index in [1.165, 1.54) is 23.1 Å². The molecule has 0 aliphatic carbocycles. The lowest BCUT2D eigenvalue weighted by Crippen LogP contribution is -2.37. The zero-order chi connectivity index (χ0) is 18.5. The fourth-order valence-electron chi connectivity index (χ4n) is 3.78. The van der Waals surface area contributed by atoms with Crippen LogP contribution in [0.5, 0.6) is 11.5 Å². The minimum absolute atomic E-state index is 0.0164. The van der Waals surface area contributed by atoms with Crippen molar-refractivity contribution in [3.8, 4) is 11.5 Å². The van der Waals surface area contributed by atoms with Crippen molar-refractivity contribution >= 4 is 17.6 Å². The number of amides is 1. The third kappa shape index (κ3) is 2.46. The molecule has 0 spiro atoms. The van der Waals surface area contributed by atoms with Crippen molar-refractivity contribution in [1.29, 1.82) is 0 Å². The summed E-state index contributed by atoms with van der Waals surface area (Å²) in [4.78, 5) is 26.7. The Bertz CT molecular complexity index is 1020. The van der Waals surface area contributed by atoms with Gasteiger partial charge < -0.3 is 14.2 Å². The Labute approximate surface area is 153 Å². The Balaban J connectivity index is 1.61. The molecule has 0 radical (unpaired) electrons. The monoisotopic (exact) mass is 367 g/mol. The largest absolute Gasteiger partial charge is 0.456 e. The van der Waals surface area contributed by atoms with Crippen molar-refractivity contribution in [3.63, 3.8) is 0 Å². The molecule has 1 atom stereocenters. The number of benzene rings is 2. The maximum atomic E-state index is 13.7. The predicted molar refractivity (Wildman–Crippen MR) is 91.8 cm³/mol. The van der Waals surface area contributed by atoms with Gasteiger partial charge in [0.25, 0.3) is 0 Å². The molecule has 0 saturated heterocycles. The van der Waals surface area contributed by atoms with E-state index in [-0.39, 0.29) is 25.7 Å². The lowest BCUT2D eigenvalue weighted by molar-refractivity contribution is -0.136. The fraction of sp³-hybridized carbons (Fsp3) is 0.200. The molecule has 0 bridgehead atoms. The Morgan fingerprint density at radius 2 is 1.85 bits per heavy atom. The van der Waals surface area contributed by atoms with Gasteiger partial charge in [-0.1, -0.05) is 12.1 Å². The van der Waals surface area contributed by atoms with Gasteiger partial charge in [0.15, 0.2) is 11.5 Å². The van der Waals surface area contributed by atoms with E-state index in [1.54, 1.807) is 18.2 Å². The molecule has 2 aromatic rings. The smallest absolute Gasteiger partial charge is 0.336 e. The first-order chi connectivity index (χ1) is 13.1. The Morgan fingerprint density at radius 3 is 2.70 bits per heavy atom. The highest BCUT2D eigenvalue weighted by Crippen LogP contribution is 2.44. The SMILES string of the molecule is O=C1OCC2=C1[C@H](c1ccc3c(c1)OCO3)CC(=O)N2c1cccc(F)c1. The van der Waals surface area contributed by atoms with Crippen molar-refractivity contribution < 1.29 is 28.2 Å². The summed E-state index contributed by atoms with van der Waals surface area (Å²) in [5.74, 6) is -0.360. The standard InChI is InChI=1S/C20H14FNO5/c21-12-2-1-3-13(7-12)22-15-9-25-20(24)19(15)14(8-18(22)23)11-4-5-16-17(6-11)27-10-26-16/h1-7,14H,8-10H2/t14-/m0/s1. The van der Waals surface area contributed by atoms with Crippen LogP contribution in [0.1, 0.15) is 17.9 Å². The van der Waals surface area contributed by atoms with Gasteiger partial charge in [-0.3, -0.25) is 9.69 Å². The number of fused-ring (bicyclic) bond motifs is 1. The van der Waals surface area contributed by atoms with Crippen LogP contribution >= 0.6 is 0 Å². The van der Waals surface area contributed by atoms with Crippen LogP contribution in [-0.4, -0.2) is 25.3 Å². The summed E-state index contributed by atoms with van der Waals surface area (Å²) in [6, 6.07) is 11.1. The number of hydrogen-bond donors (Lipinski definition) is 0. The van der Waals surface area contributed by atoms with Crippen molar-refractivity contribution in [2.75, 3.05) is 18.3 Å². The molecule has 3 heterocycles. The topological polar surface area (TPSA) is 65.1 Å². The first-order valence-electron chi connectivity index (χ1n) is 8.50. The number of anilines is 1. The summed E-state index contributed by atoms with van der Waals surface area (Å²) in [5, 5.41) is 0. The van der Waals surface area contributed by atoms with Crippen LogP contribution in [0.2, 0.25) is 0 Å². The van der Waals surface area contributed by atoms with Crippen LogP contribution in [-0.2, 0) is 14.3 Å². The van der Waals surface area contributed by atoms with Gasteiger partial charge in [-0.25, -0.2) is 9.18 Å². The number of cyclic esters (lactones) is 1. The van der Waals surface area contributed by atoms with E-state index in [4.69, 9.17) is 14.2 Å². The second-order valence-electron chi connectivity index (χ2n) is 6.51. The second kappa shape index (κ2) is 5.84. The van der Waals surface area contributed by atoms with E-state index >= 15 is 0 Å². The summed E-state index contributed by atoms with van der Waals surface area (Å²) >= 11 is 0. The fourth-order valence-corrected chi connectivity index (χ4v) is 3.78. The molecule has 27 heavy (non-hydrogen) atoms. The molecule has 1 amide bonds. The number of hydrogen-bond acceptors (Lipinski definition) is 5. The van der Waals surface area contributed by atoms with Crippen molar-refractivity contribution in [2.45, 2.75) is 12.3 Å². The van der Waals surface area contributed by atoms with Crippen LogP contribution in [0, 0.1) is 5.82 Å². The lowest BCUT2D eigenvalue weighted by atomic mass is 9.84. The number of nitrogens with zero attached hydrogens (tertiary/aromatic N) is 1. The summed E-state index contributed by atoms with van der Waals surface area (Å²) in [6.07, 6.45) is 0.0735. The zero-order valence-electron chi connectivity index (χ0n) is 14.1. The number of carbonyl (C=O) groups excluding carboxylic acids is 2. The number of carbonyl (C=O) groups is 2. The third-order valence-electron chi connectivity index (χ3n) is 4.98. The van der Waals surface area contributed by atoms with E-state index in [2.05, 4.69) is 0 Å². The molecule has 0 fully saturated rings. The maximum absolute atomic E-state index is 13.7. The normalized spacial score (nSPS) is 20.8.